The molecule has 0 radical (unpaired) electrons. The largest absolute Gasteiger partial charge is 0.487 e. The molecule has 8 nitrogen and oxygen atoms in total. The summed E-state index contributed by atoms with van der Waals surface area (Å²) >= 11 is 0. The molecule has 34 heavy (non-hydrogen) atoms. The number of fused-ring (bicyclic) bond motifs is 1. The first kappa shape index (κ1) is 23.2. The molecule has 9 heteroatoms. The van der Waals surface area contributed by atoms with Gasteiger partial charge in [0.1, 0.15) is 18.0 Å². The summed E-state index contributed by atoms with van der Waals surface area (Å²) in [5.74, 6) is 0.101. The van der Waals surface area contributed by atoms with Gasteiger partial charge in [0.05, 0.1) is 11.4 Å². The van der Waals surface area contributed by atoms with Crippen molar-refractivity contribution in [2.45, 2.75) is 12.4 Å². The normalized spacial score (nSPS) is 11.3. The number of imidazole rings is 1. The predicted molar refractivity (Wildman–Crippen MR) is 131 cm³/mol. The smallest absolute Gasteiger partial charge is 0.255 e. The molecule has 1 amide bonds. The van der Waals surface area contributed by atoms with E-state index in [9.17, 15) is 13.2 Å². The van der Waals surface area contributed by atoms with Crippen molar-refractivity contribution in [1.29, 1.82) is 0 Å². The molecular weight excluding hydrogens is 452 g/mol. The molecule has 0 unspecified atom stereocenters. The summed E-state index contributed by atoms with van der Waals surface area (Å²) in [5, 5.41) is 2.81. The third-order valence-corrected chi connectivity index (χ3v) is 6.23. The van der Waals surface area contributed by atoms with E-state index in [1.807, 2.05) is 35.0 Å². The van der Waals surface area contributed by atoms with Gasteiger partial charge in [0, 0.05) is 30.2 Å². The maximum atomic E-state index is 12.7. The quantitative estimate of drug-likeness (QED) is 0.339. The Morgan fingerprint density at radius 3 is 2.68 bits per heavy atom. The maximum absolute atomic E-state index is 12.7. The Labute approximate surface area is 198 Å². The number of amides is 1. The monoisotopic (exact) mass is 476 g/mol. The standard InChI is InChI=1S/C25H24N4O4S/c1-2-13-26-34(31,32)18-19-9-11-21(12-10-19)28-25(30)20-6-5-7-23(15-20)33-17-22-16-29-14-4-3-8-24(29)27-22/h2-12,14-16,26H,1,13,17-18H2,(H,28,30). The third kappa shape index (κ3) is 6.09. The van der Waals surface area contributed by atoms with Crippen LogP contribution >= 0.6 is 0 Å². The van der Waals surface area contributed by atoms with E-state index in [4.69, 9.17) is 4.74 Å². The molecule has 2 aromatic carbocycles. The van der Waals surface area contributed by atoms with Crippen LogP contribution in [0.1, 0.15) is 21.6 Å². The van der Waals surface area contributed by atoms with E-state index in [0.29, 0.717) is 22.6 Å². The summed E-state index contributed by atoms with van der Waals surface area (Å²) in [4.78, 5) is 17.2. The first-order chi connectivity index (χ1) is 16.4. The molecule has 0 fully saturated rings. The van der Waals surface area contributed by atoms with Gasteiger partial charge < -0.3 is 14.5 Å². The number of benzene rings is 2. The second-order valence-corrected chi connectivity index (χ2v) is 9.37. The fourth-order valence-corrected chi connectivity index (χ4v) is 4.39. The molecule has 0 saturated heterocycles. The number of carbonyl (C=O) groups is 1. The summed E-state index contributed by atoms with van der Waals surface area (Å²) < 4.78 is 34.1. The van der Waals surface area contributed by atoms with Gasteiger partial charge in [-0.2, -0.15) is 0 Å². The molecule has 4 aromatic rings. The SMILES string of the molecule is C=CCNS(=O)(=O)Cc1ccc(NC(=O)c2cccc(OCc3cn4ccccc4n3)c2)cc1. The van der Waals surface area contributed by atoms with E-state index in [0.717, 1.165) is 11.3 Å². The molecule has 0 spiro atoms. The van der Waals surface area contributed by atoms with Crippen molar-refractivity contribution in [3.8, 4) is 5.75 Å². The Morgan fingerprint density at radius 1 is 1.09 bits per heavy atom. The highest BCUT2D eigenvalue weighted by molar-refractivity contribution is 7.88. The van der Waals surface area contributed by atoms with Crippen LogP contribution in [0.2, 0.25) is 0 Å². The molecule has 0 aliphatic carbocycles. The first-order valence-corrected chi connectivity index (χ1v) is 12.2. The Hall–Kier alpha value is -3.95. The van der Waals surface area contributed by atoms with Gasteiger partial charge in [0.15, 0.2) is 0 Å². The van der Waals surface area contributed by atoms with Crippen molar-refractivity contribution in [3.63, 3.8) is 0 Å². The van der Waals surface area contributed by atoms with Crippen LogP contribution in [0.5, 0.6) is 5.75 Å². The maximum Gasteiger partial charge on any atom is 0.255 e. The molecule has 0 saturated carbocycles. The fraction of sp³-hybridized carbons (Fsp3) is 0.120. The third-order valence-electron chi connectivity index (χ3n) is 4.91. The molecule has 4 rings (SSSR count). The van der Waals surface area contributed by atoms with E-state index in [2.05, 4.69) is 21.6 Å². The molecule has 0 atom stereocenters. The van der Waals surface area contributed by atoms with Gasteiger partial charge >= 0.3 is 0 Å². The molecule has 0 bridgehead atoms. The van der Waals surface area contributed by atoms with Crippen molar-refractivity contribution >= 4 is 27.3 Å². The summed E-state index contributed by atoms with van der Waals surface area (Å²) in [6.45, 7) is 3.95. The first-order valence-electron chi connectivity index (χ1n) is 10.6. The minimum Gasteiger partial charge on any atom is -0.487 e. The molecule has 2 N–H and O–H groups in total. The molecule has 2 aromatic heterocycles. The second kappa shape index (κ2) is 10.3. The minimum absolute atomic E-state index is 0.152. The number of hydrogen-bond donors (Lipinski definition) is 2. The van der Waals surface area contributed by atoms with Crippen molar-refractivity contribution in [3.05, 3.63) is 109 Å². The molecule has 0 aliphatic rings. The molecule has 0 aliphatic heterocycles. The Balaban J connectivity index is 1.35. The van der Waals surface area contributed by atoms with E-state index in [1.165, 1.54) is 6.08 Å². The molecule has 174 valence electrons. The Bertz CT molecular complexity index is 1380. The van der Waals surface area contributed by atoms with Gasteiger partial charge in [-0.25, -0.2) is 18.1 Å². The number of hydrogen-bond acceptors (Lipinski definition) is 5. The second-order valence-electron chi connectivity index (χ2n) is 7.56. The number of carbonyl (C=O) groups excluding carboxylic acids is 1. The zero-order chi connectivity index (χ0) is 24.0. The molecule has 2 heterocycles. The highest BCUT2D eigenvalue weighted by Gasteiger charge is 2.12. The lowest BCUT2D eigenvalue weighted by Crippen LogP contribution is -2.25. The van der Waals surface area contributed by atoms with Crippen molar-refractivity contribution in [2.75, 3.05) is 11.9 Å². The number of ether oxygens (including phenoxy) is 1. The lowest BCUT2D eigenvalue weighted by Gasteiger charge is -2.09. The average molecular weight is 477 g/mol. The van der Waals surface area contributed by atoms with Gasteiger partial charge in [-0.3, -0.25) is 4.79 Å². The highest BCUT2D eigenvalue weighted by Crippen LogP contribution is 2.18. The van der Waals surface area contributed by atoms with Crippen LogP contribution in [-0.2, 0) is 22.4 Å². The highest BCUT2D eigenvalue weighted by atomic mass is 32.2. The predicted octanol–water partition coefficient (Wildman–Crippen LogP) is 3.77. The average Bonchev–Trinajstić information content (AvgIpc) is 3.26. The van der Waals surface area contributed by atoms with Crippen LogP contribution in [0.4, 0.5) is 5.69 Å². The van der Waals surface area contributed by atoms with Crippen LogP contribution < -0.4 is 14.8 Å². The van der Waals surface area contributed by atoms with Crippen molar-refractivity contribution < 1.29 is 17.9 Å². The Kier molecular flexibility index (Phi) is 7.05. The van der Waals surface area contributed by atoms with E-state index in [1.54, 1.807) is 48.5 Å². The van der Waals surface area contributed by atoms with Gasteiger partial charge in [-0.15, -0.1) is 6.58 Å². The van der Waals surface area contributed by atoms with E-state index in [-0.39, 0.29) is 24.8 Å². The number of rotatable bonds is 10. The minimum atomic E-state index is -3.44. The lowest BCUT2D eigenvalue weighted by molar-refractivity contribution is 0.102. The van der Waals surface area contributed by atoms with Gasteiger partial charge in [-0.05, 0) is 48.0 Å². The number of pyridine rings is 1. The number of nitrogens with zero attached hydrogens (tertiary/aromatic N) is 2. The molecular formula is C25H24N4O4S. The van der Waals surface area contributed by atoms with Crippen LogP contribution in [-0.4, -0.2) is 30.3 Å². The van der Waals surface area contributed by atoms with Gasteiger partial charge in [0.2, 0.25) is 10.0 Å². The summed E-state index contributed by atoms with van der Waals surface area (Å²) in [5.41, 5.74) is 3.22. The zero-order valence-electron chi connectivity index (χ0n) is 18.3. The van der Waals surface area contributed by atoms with Crippen LogP contribution in [0.25, 0.3) is 5.65 Å². The number of nitrogens with one attached hydrogen (secondary N) is 2. The zero-order valence-corrected chi connectivity index (χ0v) is 19.2. The number of anilines is 1. The summed E-state index contributed by atoms with van der Waals surface area (Å²) in [6, 6.07) is 19.3. The van der Waals surface area contributed by atoms with Crippen molar-refractivity contribution in [1.82, 2.24) is 14.1 Å². The summed E-state index contributed by atoms with van der Waals surface area (Å²) in [7, 11) is -3.44. The Morgan fingerprint density at radius 2 is 1.91 bits per heavy atom. The van der Waals surface area contributed by atoms with E-state index < -0.39 is 10.0 Å². The van der Waals surface area contributed by atoms with Crippen molar-refractivity contribution in [2.24, 2.45) is 0 Å². The summed E-state index contributed by atoms with van der Waals surface area (Å²) in [6.07, 6.45) is 5.30. The van der Waals surface area contributed by atoms with E-state index >= 15 is 0 Å². The lowest BCUT2D eigenvalue weighted by atomic mass is 10.2. The number of aromatic nitrogens is 2. The van der Waals surface area contributed by atoms with Crippen LogP contribution in [0.3, 0.4) is 0 Å². The van der Waals surface area contributed by atoms with Gasteiger partial charge in [0.25, 0.3) is 5.91 Å². The van der Waals surface area contributed by atoms with Crippen LogP contribution in [0.15, 0.2) is 91.8 Å². The number of sulfonamides is 1. The van der Waals surface area contributed by atoms with Gasteiger partial charge in [-0.1, -0.05) is 30.3 Å². The van der Waals surface area contributed by atoms with Crippen LogP contribution in [0, 0.1) is 0 Å². The fourth-order valence-electron chi connectivity index (χ4n) is 3.29. The topological polar surface area (TPSA) is 102 Å².